The fourth-order valence-corrected chi connectivity index (χ4v) is 3.43. The van der Waals surface area contributed by atoms with Gasteiger partial charge in [0.2, 0.25) is 5.91 Å². The SMILES string of the molecule is CC(=O)c1cccc(NC(=O)N2CCC[C@H]2C(=O)NC[C@@H]2CCCO2)c1. The Morgan fingerprint density at radius 3 is 2.81 bits per heavy atom. The van der Waals surface area contributed by atoms with Gasteiger partial charge in [0.15, 0.2) is 5.78 Å². The highest BCUT2D eigenvalue weighted by molar-refractivity contribution is 5.97. The molecular formula is C19H25N3O4. The number of hydrogen-bond donors (Lipinski definition) is 2. The molecule has 2 N–H and O–H groups in total. The van der Waals surface area contributed by atoms with Gasteiger partial charge >= 0.3 is 6.03 Å². The van der Waals surface area contributed by atoms with Gasteiger partial charge in [0.1, 0.15) is 6.04 Å². The van der Waals surface area contributed by atoms with Crippen LogP contribution in [0.15, 0.2) is 24.3 Å². The van der Waals surface area contributed by atoms with Gasteiger partial charge in [-0.2, -0.15) is 0 Å². The Bertz CT molecular complexity index is 685. The molecule has 0 unspecified atom stereocenters. The highest BCUT2D eigenvalue weighted by atomic mass is 16.5. The van der Waals surface area contributed by atoms with Gasteiger partial charge in [-0.15, -0.1) is 0 Å². The number of carbonyl (C=O) groups is 3. The molecule has 7 heteroatoms. The maximum absolute atomic E-state index is 12.6. The minimum absolute atomic E-state index is 0.0614. The Morgan fingerprint density at radius 1 is 1.23 bits per heavy atom. The molecular weight excluding hydrogens is 334 g/mol. The fraction of sp³-hybridized carbons (Fsp3) is 0.526. The molecule has 1 aromatic rings. The summed E-state index contributed by atoms with van der Waals surface area (Å²) in [7, 11) is 0. The molecule has 3 rings (SSSR count). The number of Topliss-reactive ketones (excluding diaryl/α,β-unsaturated/α-hetero) is 1. The number of benzene rings is 1. The van der Waals surface area contributed by atoms with Crippen LogP contribution in [0.1, 0.15) is 43.0 Å². The molecule has 2 aliphatic rings. The molecule has 2 aliphatic heterocycles. The summed E-state index contributed by atoms with van der Waals surface area (Å²) < 4.78 is 5.51. The average Bonchev–Trinajstić information content (AvgIpc) is 3.31. The van der Waals surface area contributed by atoms with Crippen LogP contribution in [-0.4, -0.2) is 54.5 Å². The molecule has 0 saturated carbocycles. The van der Waals surface area contributed by atoms with Crippen LogP contribution < -0.4 is 10.6 Å². The van der Waals surface area contributed by atoms with E-state index in [1.54, 1.807) is 29.2 Å². The second-order valence-corrected chi connectivity index (χ2v) is 6.80. The molecule has 7 nitrogen and oxygen atoms in total. The van der Waals surface area contributed by atoms with E-state index in [1.807, 2.05) is 0 Å². The number of likely N-dealkylation sites (tertiary alicyclic amines) is 1. The van der Waals surface area contributed by atoms with Crippen LogP contribution in [0.5, 0.6) is 0 Å². The number of rotatable bonds is 5. The van der Waals surface area contributed by atoms with Crippen molar-refractivity contribution in [3.8, 4) is 0 Å². The molecule has 2 saturated heterocycles. The van der Waals surface area contributed by atoms with Gasteiger partial charge < -0.3 is 20.3 Å². The molecule has 0 bridgehead atoms. The van der Waals surface area contributed by atoms with E-state index in [4.69, 9.17) is 4.74 Å². The zero-order chi connectivity index (χ0) is 18.5. The standard InChI is InChI=1S/C19H25N3O4/c1-13(23)14-5-2-6-15(11-14)21-19(25)22-9-3-8-17(22)18(24)20-12-16-7-4-10-26-16/h2,5-6,11,16-17H,3-4,7-10,12H2,1H3,(H,20,24)(H,21,25)/t16-,17-/m0/s1. The Balaban J connectivity index is 1.58. The molecule has 2 heterocycles. The van der Waals surface area contributed by atoms with E-state index in [0.717, 1.165) is 25.9 Å². The van der Waals surface area contributed by atoms with Crippen molar-refractivity contribution >= 4 is 23.4 Å². The van der Waals surface area contributed by atoms with Crippen LogP contribution in [0.2, 0.25) is 0 Å². The third kappa shape index (κ3) is 4.40. The number of ketones is 1. The van der Waals surface area contributed by atoms with Crippen LogP contribution in [0.25, 0.3) is 0 Å². The monoisotopic (exact) mass is 359 g/mol. The van der Waals surface area contributed by atoms with Crippen LogP contribution in [0, 0.1) is 0 Å². The fourth-order valence-electron chi connectivity index (χ4n) is 3.43. The lowest BCUT2D eigenvalue weighted by Crippen LogP contribution is -2.48. The van der Waals surface area contributed by atoms with Gasteiger partial charge in [-0.3, -0.25) is 9.59 Å². The second kappa shape index (κ2) is 8.31. The van der Waals surface area contributed by atoms with Gasteiger partial charge in [-0.25, -0.2) is 4.79 Å². The van der Waals surface area contributed by atoms with Gasteiger partial charge in [0.25, 0.3) is 0 Å². The predicted molar refractivity (Wildman–Crippen MR) is 97.2 cm³/mol. The summed E-state index contributed by atoms with van der Waals surface area (Å²) in [6.45, 7) is 3.26. The number of hydrogen-bond acceptors (Lipinski definition) is 4. The zero-order valence-electron chi connectivity index (χ0n) is 15.0. The molecule has 0 aliphatic carbocycles. The van der Waals surface area contributed by atoms with E-state index < -0.39 is 6.04 Å². The summed E-state index contributed by atoms with van der Waals surface area (Å²) >= 11 is 0. The van der Waals surface area contributed by atoms with E-state index in [-0.39, 0.29) is 23.8 Å². The maximum atomic E-state index is 12.6. The lowest BCUT2D eigenvalue weighted by molar-refractivity contribution is -0.125. The highest BCUT2D eigenvalue weighted by Gasteiger charge is 2.34. The molecule has 0 spiro atoms. The first kappa shape index (κ1) is 18.4. The molecule has 3 amide bonds. The first-order valence-electron chi connectivity index (χ1n) is 9.12. The maximum Gasteiger partial charge on any atom is 0.322 e. The minimum atomic E-state index is -0.465. The Hall–Kier alpha value is -2.41. The normalized spacial score (nSPS) is 22.3. The number of anilines is 1. The van der Waals surface area contributed by atoms with Crippen molar-refractivity contribution in [1.82, 2.24) is 10.2 Å². The molecule has 1 aromatic carbocycles. The van der Waals surface area contributed by atoms with Crippen molar-refractivity contribution in [2.45, 2.75) is 44.8 Å². The third-order valence-electron chi connectivity index (χ3n) is 4.86. The lowest BCUT2D eigenvalue weighted by Gasteiger charge is -2.25. The van der Waals surface area contributed by atoms with Gasteiger partial charge in [-0.05, 0) is 44.7 Å². The first-order valence-corrected chi connectivity index (χ1v) is 9.12. The molecule has 0 aromatic heterocycles. The summed E-state index contributed by atoms with van der Waals surface area (Å²) in [5.74, 6) is -0.195. The Morgan fingerprint density at radius 2 is 2.08 bits per heavy atom. The Kier molecular flexibility index (Phi) is 5.88. The van der Waals surface area contributed by atoms with Crippen LogP contribution >= 0.6 is 0 Å². The van der Waals surface area contributed by atoms with Crippen molar-refractivity contribution in [2.24, 2.45) is 0 Å². The summed E-state index contributed by atoms with van der Waals surface area (Å²) in [6, 6.07) is 6.01. The molecule has 2 fully saturated rings. The van der Waals surface area contributed by atoms with Crippen LogP contribution in [0.4, 0.5) is 10.5 Å². The predicted octanol–water partition coefficient (Wildman–Crippen LogP) is 2.18. The number of carbonyl (C=O) groups excluding carboxylic acids is 3. The number of amides is 3. The smallest absolute Gasteiger partial charge is 0.322 e. The molecule has 0 radical (unpaired) electrons. The van der Waals surface area contributed by atoms with Crippen molar-refractivity contribution in [3.63, 3.8) is 0 Å². The number of urea groups is 1. The summed E-state index contributed by atoms with van der Waals surface area (Å²) in [5.41, 5.74) is 1.09. The first-order chi connectivity index (χ1) is 12.5. The molecule has 26 heavy (non-hydrogen) atoms. The second-order valence-electron chi connectivity index (χ2n) is 6.80. The number of nitrogens with zero attached hydrogens (tertiary/aromatic N) is 1. The third-order valence-corrected chi connectivity index (χ3v) is 4.86. The van der Waals surface area contributed by atoms with Crippen LogP contribution in [0.3, 0.4) is 0 Å². The quantitative estimate of drug-likeness (QED) is 0.789. The van der Waals surface area contributed by atoms with Crippen molar-refractivity contribution in [2.75, 3.05) is 25.0 Å². The van der Waals surface area contributed by atoms with E-state index in [2.05, 4.69) is 10.6 Å². The van der Waals surface area contributed by atoms with E-state index in [9.17, 15) is 14.4 Å². The van der Waals surface area contributed by atoms with Crippen molar-refractivity contribution < 1.29 is 19.1 Å². The zero-order valence-corrected chi connectivity index (χ0v) is 15.0. The molecule has 140 valence electrons. The highest BCUT2D eigenvalue weighted by Crippen LogP contribution is 2.20. The van der Waals surface area contributed by atoms with E-state index >= 15 is 0 Å². The average molecular weight is 359 g/mol. The van der Waals surface area contributed by atoms with E-state index in [1.165, 1.54) is 6.92 Å². The largest absolute Gasteiger partial charge is 0.376 e. The Labute approximate surface area is 153 Å². The van der Waals surface area contributed by atoms with Crippen molar-refractivity contribution in [1.29, 1.82) is 0 Å². The van der Waals surface area contributed by atoms with Gasteiger partial charge in [0, 0.05) is 30.9 Å². The number of ether oxygens (including phenoxy) is 1. The topological polar surface area (TPSA) is 87.7 Å². The summed E-state index contributed by atoms with van der Waals surface area (Å²) in [5, 5.41) is 5.70. The minimum Gasteiger partial charge on any atom is -0.376 e. The van der Waals surface area contributed by atoms with Gasteiger partial charge in [-0.1, -0.05) is 12.1 Å². The van der Waals surface area contributed by atoms with E-state index in [0.29, 0.717) is 30.8 Å². The molecule has 2 atom stereocenters. The lowest BCUT2D eigenvalue weighted by atomic mass is 10.1. The van der Waals surface area contributed by atoms with Crippen LogP contribution in [-0.2, 0) is 9.53 Å². The summed E-state index contributed by atoms with van der Waals surface area (Å²) in [4.78, 5) is 38.1. The van der Waals surface area contributed by atoms with Crippen molar-refractivity contribution in [3.05, 3.63) is 29.8 Å². The number of nitrogens with one attached hydrogen (secondary N) is 2. The summed E-state index contributed by atoms with van der Waals surface area (Å²) in [6.07, 6.45) is 3.51. The van der Waals surface area contributed by atoms with Gasteiger partial charge in [0.05, 0.1) is 6.10 Å².